The summed E-state index contributed by atoms with van der Waals surface area (Å²) in [6, 6.07) is 70.4. The summed E-state index contributed by atoms with van der Waals surface area (Å²) in [5, 5.41) is 8.77. The summed E-state index contributed by atoms with van der Waals surface area (Å²) in [6.07, 6.45) is 14.9. The van der Waals surface area contributed by atoms with Gasteiger partial charge in [-0.1, -0.05) is 413 Å². The molecule has 0 N–H and O–H groups in total. The summed E-state index contributed by atoms with van der Waals surface area (Å²) < 4.78 is 0. The van der Waals surface area contributed by atoms with E-state index in [1.165, 1.54) is 55.5 Å². The van der Waals surface area contributed by atoms with Crippen molar-refractivity contribution in [3.8, 4) is 11.1 Å². The molecule has 0 unspecified atom stereocenters. The van der Waals surface area contributed by atoms with Gasteiger partial charge in [0, 0.05) is 59.5 Å². The third-order valence-corrected chi connectivity index (χ3v) is 10.3. The molecule has 0 fully saturated rings. The number of hydrogen-bond acceptors (Lipinski definition) is 6. The molecule has 13 rings (SSSR count). The lowest BCUT2D eigenvalue weighted by Crippen LogP contribution is -1.83. The second-order valence-electron chi connectivity index (χ2n) is 14.3. The van der Waals surface area contributed by atoms with E-state index in [1.54, 1.807) is 43.2 Å². The van der Waals surface area contributed by atoms with E-state index in [2.05, 4.69) is 175 Å². The fourth-order valence-corrected chi connectivity index (χ4v) is 7.30. The van der Waals surface area contributed by atoms with E-state index in [-0.39, 0.29) is 0 Å². The van der Waals surface area contributed by atoms with Crippen LogP contribution in [0.3, 0.4) is 0 Å². The average Bonchev–Trinajstić information content (AvgIpc) is 1.77. The monoisotopic (exact) mass is 1350 g/mol. The van der Waals surface area contributed by atoms with Gasteiger partial charge >= 0.3 is 0 Å². The van der Waals surface area contributed by atoms with Crippen LogP contribution in [-0.4, -0.2) is 29.9 Å². The number of hydrogen-bond donors (Lipinski definition) is 0. The van der Waals surface area contributed by atoms with E-state index in [0.717, 1.165) is 33.7 Å². The van der Waals surface area contributed by atoms with Gasteiger partial charge in [0.2, 0.25) is 0 Å². The predicted molar refractivity (Wildman–Crippen MR) is 465 cm³/mol. The highest BCUT2D eigenvalue weighted by Gasteiger charge is 2.16. The maximum absolute atomic E-state index is 4.35. The Hall–Kier alpha value is -8.48. The maximum Gasteiger partial charge on any atom is 0.115 e. The van der Waals surface area contributed by atoms with Crippen molar-refractivity contribution in [2.75, 3.05) is 0 Å². The van der Waals surface area contributed by atoms with Crippen LogP contribution in [-0.2, 0) is 6.42 Å². The van der Waals surface area contributed by atoms with Crippen molar-refractivity contribution in [1.82, 2.24) is 29.9 Å². The number of pyridine rings is 4. The number of fused-ring (bicyclic) bond motifs is 10. The molecule has 6 heteroatoms. The van der Waals surface area contributed by atoms with Crippen LogP contribution < -0.4 is 0 Å². The van der Waals surface area contributed by atoms with Gasteiger partial charge in [-0.25, -0.2) is 9.97 Å². The molecular weight excluding hydrogens is 1200 g/mol. The largest absolute Gasteiger partial charge is 0.265 e. The summed E-state index contributed by atoms with van der Waals surface area (Å²) in [6.45, 7) is 72.0. The molecule has 0 saturated heterocycles. The molecule has 5 heterocycles. The van der Waals surface area contributed by atoms with E-state index < -0.39 is 0 Å². The molecule has 12 aromatic rings. The van der Waals surface area contributed by atoms with Gasteiger partial charge in [-0.3, -0.25) is 19.9 Å². The van der Waals surface area contributed by atoms with Crippen LogP contribution in [0.25, 0.3) is 65.4 Å². The molecule has 99 heavy (non-hydrogen) atoms. The molecule has 0 bridgehead atoms. The summed E-state index contributed by atoms with van der Waals surface area (Å²) in [4.78, 5) is 24.0. The molecule has 0 radical (unpaired) electrons. The van der Waals surface area contributed by atoms with Crippen molar-refractivity contribution in [3.63, 3.8) is 0 Å². The first-order chi connectivity index (χ1) is 49.3. The quantitative estimate of drug-likeness (QED) is 0.141. The zero-order valence-electron chi connectivity index (χ0n) is 70.6. The van der Waals surface area contributed by atoms with Crippen LogP contribution in [0.15, 0.2) is 256 Å². The molecule has 0 saturated carbocycles. The minimum Gasteiger partial charge on any atom is -0.265 e. The number of para-hydroxylation sites is 1. The standard InChI is InChI=1S/C14H10.C13H10.C12H8N2.C9H7N.C5H5N.C4H4N2.18C2H6/c1-3-7-13-11(5-1)9-10-12-6-2-4-8-14(12)13;1-3-7-12-10(5-1)9-11-6-2-4-8-13(11)12;1-3-9-5-6-10-4-2-8-14-12(10)11(9)13-7-1;1-2-6-9-8(4-1)5-3-7-10-9;1-2-4-6-5-3-1;1-2-5-4-6-3-1;18*1-2/h1-10H;1-8H,9H2;1-8H;1-7H;1-5H;1-4H;18*1-2H3. The molecule has 0 amide bonds. The van der Waals surface area contributed by atoms with Gasteiger partial charge in [-0.15, -0.1) is 0 Å². The number of nitrogens with zero attached hydrogens (tertiary/aromatic N) is 6. The third-order valence-electron chi connectivity index (χ3n) is 10.3. The Balaban J connectivity index is -0.0000000967. The van der Waals surface area contributed by atoms with Gasteiger partial charge in [-0.2, -0.15) is 0 Å². The topological polar surface area (TPSA) is 77.3 Å². The molecule has 6 nitrogen and oxygen atoms in total. The van der Waals surface area contributed by atoms with Crippen LogP contribution in [0.2, 0.25) is 0 Å². The van der Waals surface area contributed by atoms with E-state index >= 15 is 0 Å². The van der Waals surface area contributed by atoms with E-state index in [0.29, 0.717) is 0 Å². The van der Waals surface area contributed by atoms with Crippen molar-refractivity contribution in [2.24, 2.45) is 0 Å². The second kappa shape index (κ2) is 103. The molecule has 5 aromatic heterocycles. The minimum atomic E-state index is 0.977. The van der Waals surface area contributed by atoms with E-state index in [1.807, 2.05) is 310 Å². The lowest BCUT2D eigenvalue weighted by atomic mass is 10.0. The van der Waals surface area contributed by atoms with Crippen LogP contribution in [0, 0.1) is 0 Å². The van der Waals surface area contributed by atoms with Gasteiger partial charge in [0.1, 0.15) is 6.33 Å². The van der Waals surface area contributed by atoms with Gasteiger partial charge in [0.25, 0.3) is 0 Å². The zero-order valence-corrected chi connectivity index (χ0v) is 70.6. The number of rotatable bonds is 0. The Labute approximate surface area is 614 Å². The van der Waals surface area contributed by atoms with Crippen molar-refractivity contribution in [2.45, 2.75) is 256 Å². The average molecular weight is 1350 g/mol. The van der Waals surface area contributed by atoms with Gasteiger partial charge < -0.3 is 0 Å². The smallest absolute Gasteiger partial charge is 0.115 e. The highest BCUT2D eigenvalue weighted by atomic mass is 14.8. The fourth-order valence-electron chi connectivity index (χ4n) is 7.30. The Bertz CT molecular complexity index is 2880. The number of aromatic nitrogens is 6. The summed E-state index contributed by atoms with van der Waals surface area (Å²) in [7, 11) is 0. The highest BCUT2D eigenvalue weighted by Crippen LogP contribution is 2.35. The van der Waals surface area contributed by atoms with Gasteiger partial charge in [0.15, 0.2) is 0 Å². The van der Waals surface area contributed by atoms with Crippen molar-refractivity contribution in [3.05, 3.63) is 267 Å². The van der Waals surface area contributed by atoms with Gasteiger partial charge in [-0.05, 0) is 92.7 Å². The predicted octanol–water partition coefficient (Wildman–Crippen LogP) is 32.3. The molecule has 0 aliphatic heterocycles. The first kappa shape index (κ1) is 115. The van der Waals surface area contributed by atoms with Crippen molar-refractivity contribution < 1.29 is 0 Å². The Morgan fingerprint density at radius 1 is 0.192 bits per heavy atom. The van der Waals surface area contributed by atoms with Crippen LogP contribution in [0.5, 0.6) is 0 Å². The fraction of sp³-hybridized carbons (Fsp3) is 0.398. The second-order valence-corrected chi connectivity index (χ2v) is 14.3. The van der Waals surface area contributed by atoms with Gasteiger partial charge in [0.05, 0.1) is 16.6 Å². The molecule has 0 spiro atoms. The van der Waals surface area contributed by atoms with Crippen molar-refractivity contribution in [1.29, 1.82) is 0 Å². The molecule has 1 aliphatic carbocycles. The third kappa shape index (κ3) is 53.2. The first-order valence-electron chi connectivity index (χ1n) is 38.8. The minimum absolute atomic E-state index is 0.977. The zero-order chi connectivity index (χ0) is 78.7. The molecule has 1 aliphatic rings. The molecule has 554 valence electrons. The van der Waals surface area contributed by atoms with E-state index in [9.17, 15) is 0 Å². The molecule has 7 aromatic carbocycles. The normalized spacial score (nSPS) is 7.76. The Kier molecular flexibility index (Phi) is 119. The lowest BCUT2D eigenvalue weighted by molar-refractivity contribution is 1.17. The SMILES string of the molecule is CC.CC.CC.CC.CC.CC.CC.CC.CC.CC.CC.CC.CC.CC.CC.CC.CC.CC.c1ccc2c(c1)Cc1ccccc1-2.c1ccc2c(c1)ccc1ccccc12.c1ccc2ncccc2c1.c1ccncc1.c1cnc2c(c1)ccc1cccnc12.c1cncnc1. The molecular formula is C93H152N6. The molecule has 0 atom stereocenters. The highest BCUT2D eigenvalue weighted by molar-refractivity contribution is 6.07. The Morgan fingerprint density at radius 3 is 0.768 bits per heavy atom. The Morgan fingerprint density at radius 2 is 0.465 bits per heavy atom. The maximum atomic E-state index is 4.35. The van der Waals surface area contributed by atoms with Crippen molar-refractivity contribution >= 4 is 54.3 Å². The first-order valence-corrected chi connectivity index (χ1v) is 38.8. The number of benzene rings is 7. The summed E-state index contributed by atoms with van der Waals surface area (Å²) >= 11 is 0. The van der Waals surface area contributed by atoms with Crippen LogP contribution >= 0.6 is 0 Å². The summed E-state index contributed by atoms with van der Waals surface area (Å²) in [5.41, 5.74) is 8.77. The van der Waals surface area contributed by atoms with E-state index in [4.69, 9.17) is 0 Å². The van der Waals surface area contributed by atoms with Crippen LogP contribution in [0.4, 0.5) is 0 Å². The van der Waals surface area contributed by atoms with Crippen LogP contribution in [0.1, 0.15) is 260 Å². The summed E-state index contributed by atoms with van der Waals surface area (Å²) in [5.74, 6) is 0. The lowest BCUT2D eigenvalue weighted by Gasteiger charge is -2.02.